The van der Waals surface area contributed by atoms with Crippen molar-refractivity contribution >= 4 is 17.6 Å². The van der Waals surface area contributed by atoms with Crippen molar-refractivity contribution in [2.45, 2.75) is 13.0 Å². The molecule has 1 aromatic carbocycles. The van der Waals surface area contributed by atoms with Crippen LogP contribution in [-0.4, -0.2) is 24.5 Å². The number of ether oxygens (including phenoxy) is 1. The average molecular weight is 205 g/mol. The van der Waals surface area contributed by atoms with E-state index in [1.54, 1.807) is 4.90 Å². The van der Waals surface area contributed by atoms with Crippen LogP contribution in [0.2, 0.25) is 0 Å². The third-order valence-corrected chi connectivity index (χ3v) is 2.27. The van der Waals surface area contributed by atoms with E-state index in [1.165, 1.54) is 6.92 Å². The summed E-state index contributed by atoms with van der Waals surface area (Å²) in [5.41, 5.74) is 0.839. The maximum atomic E-state index is 11.5. The lowest BCUT2D eigenvalue weighted by molar-refractivity contribution is -0.156. The Morgan fingerprint density at radius 2 is 2.07 bits per heavy atom. The topological polar surface area (TPSA) is 46.6 Å². The molecule has 0 radical (unpaired) electrons. The normalized spacial score (nSPS) is 19.7. The van der Waals surface area contributed by atoms with Crippen molar-refractivity contribution in [2.24, 2.45) is 0 Å². The van der Waals surface area contributed by atoms with Gasteiger partial charge in [-0.25, -0.2) is 0 Å². The van der Waals surface area contributed by atoms with Gasteiger partial charge in [-0.2, -0.15) is 0 Å². The van der Waals surface area contributed by atoms with Crippen molar-refractivity contribution in [3.63, 3.8) is 0 Å². The predicted molar refractivity (Wildman–Crippen MR) is 54.3 cm³/mol. The van der Waals surface area contributed by atoms with Crippen LogP contribution in [0.3, 0.4) is 0 Å². The zero-order valence-corrected chi connectivity index (χ0v) is 8.34. The SMILES string of the molecule is CC(=O)OC1CN(c2ccccc2)C1=O. The van der Waals surface area contributed by atoms with E-state index in [9.17, 15) is 9.59 Å². The molecule has 0 aromatic heterocycles. The first-order chi connectivity index (χ1) is 7.18. The number of hydrogen-bond acceptors (Lipinski definition) is 3. The highest BCUT2D eigenvalue weighted by molar-refractivity contribution is 6.04. The van der Waals surface area contributed by atoms with Crippen LogP contribution in [0.5, 0.6) is 0 Å². The van der Waals surface area contributed by atoms with Gasteiger partial charge in [0.15, 0.2) is 6.10 Å². The summed E-state index contributed by atoms with van der Waals surface area (Å²) in [5.74, 6) is -0.572. The molecule has 0 spiro atoms. The molecule has 1 fully saturated rings. The fraction of sp³-hybridized carbons (Fsp3) is 0.273. The minimum absolute atomic E-state index is 0.156. The van der Waals surface area contributed by atoms with Gasteiger partial charge in [-0.3, -0.25) is 9.59 Å². The summed E-state index contributed by atoms with van der Waals surface area (Å²) in [5, 5.41) is 0. The minimum atomic E-state index is -0.595. The van der Waals surface area contributed by atoms with Gasteiger partial charge >= 0.3 is 5.97 Å². The molecule has 0 bridgehead atoms. The molecule has 4 nitrogen and oxygen atoms in total. The molecule has 1 aliphatic heterocycles. The third kappa shape index (κ3) is 1.83. The number of β-lactam (4-membered cyclic amide) rings is 1. The van der Waals surface area contributed by atoms with Gasteiger partial charge < -0.3 is 9.64 Å². The van der Waals surface area contributed by atoms with Crippen LogP contribution >= 0.6 is 0 Å². The number of carbonyl (C=O) groups excluding carboxylic acids is 2. The van der Waals surface area contributed by atoms with Gasteiger partial charge in [0, 0.05) is 12.6 Å². The van der Waals surface area contributed by atoms with E-state index in [4.69, 9.17) is 4.74 Å². The van der Waals surface area contributed by atoms with Crippen molar-refractivity contribution in [3.05, 3.63) is 30.3 Å². The van der Waals surface area contributed by atoms with Crippen molar-refractivity contribution in [1.29, 1.82) is 0 Å². The van der Waals surface area contributed by atoms with Gasteiger partial charge in [-0.05, 0) is 12.1 Å². The Labute approximate surface area is 87.4 Å². The number of amides is 1. The van der Waals surface area contributed by atoms with E-state index in [1.807, 2.05) is 30.3 Å². The maximum absolute atomic E-state index is 11.5. The van der Waals surface area contributed by atoms with Crippen LogP contribution in [0.15, 0.2) is 30.3 Å². The number of carbonyl (C=O) groups is 2. The smallest absolute Gasteiger partial charge is 0.303 e. The first-order valence-corrected chi connectivity index (χ1v) is 4.72. The molecule has 0 saturated carbocycles. The summed E-state index contributed by atoms with van der Waals surface area (Å²) in [6.07, 6.45) is -0.595. The largest absolute Gasteiger partial charge is 0.450 e. The molecular weight excluding hydrogens is 194 g/mol. The second-order valence-electron chi connectivity index (χ2n) is 3.38. The number of esters is 1. The van der Waals surface area contributed by atoms with E-state index in [2.05, 4.69) is 0 Å². The molecule has 1 unspecified atom stereocenters. The molecule has 15 heavy (non-hydrogen) atoms. The van der Waals surface area contributed by atoms with Gasteiger partial charge in [0.2, 0.25) is 0 Å². The monoisotopic (exact) mass is 205 g/mol. The Balaban J connectivity index is 2.01. The molecule has 78 valence electrons. The molecule has 0 N–H and O–H groups in total. The lowest BCUT2D eigenvalue weighted by atomic mass is 10.1. The second-order valence-corrected chi connectivity index (χ2v) is 3.38. The number of nitrogens with zero attached hydrogens (tertiary/aromatic N) is 1. The Hall–Kier alpha value is -1.84. The number of hydrogen-bond donors (Lipinski definition) is 0. The van der Waals surface area contributed by atoms with Crippen molar-refractivity contribution < 1.29 is 14.3 Å². The predicted octanol–water partition coefficient (Wildman–Crippen LogP) is 0.965. The van der Waals surface area contributed by atoms with Gasteiger partial charge in [0.1, 0.15) is 0 Å². The second kappa shape index (κ2) is 3.73. The zero-order valence-electron chi connectivity index (χ0n) is 8.34. The van der Waals surface area contributed by atoms with Crippen LogP contribution < -0.4 is 4.90 Å². The van der Waals surface area contributed by atoms with Crippen LogP contribution in [0, 0.1) is 0 Å². The van der Waals surface area contributed by atoms with Gasteiger partial charge in [-0.15, -0.1) is 0 Å². The quantitative estimate of drug-likeness (QED) is 0.533. The lowest BCUT2D eigenvalue weighted by Crippen LogP contribution is -2.58. The highest BCUT2D eigenvalue weighted by atomic mass is 16.6. The van der Waals surface area contributed by atoms with Crippen LogP contribution in [0.1, 0.15) is 6.92 Å². The summed E-state index contributed by atoms with van der Waals surface area (Å²) in [7, 11) is 0. The van der Waals surface area contributed by atoms with Gasteiger partial charge in [-0.1, -0.05) is 18.2 Å². The standard InChI is InChI=1S/C11H11NO3/c1-8(13)15-10-7-12(11(10)14)9-5-3-2-4-6-9/h2-6,10H,7H2,1H3. The Bertz CT molecular complexity index is 388. The first kappa shape index (κ1) is 9.71. The number of para-hydroxylation sites is 1. The molecule has 1 aromatic rings. The lowest BCUT2D eigenvalue weighted by Gasteiger charge is -2.37. The van der Waals surface area contributed by atoms with E-state index in [-0.39, 0.29) is 5.91 Å². The van der Waals surface area contributed by atoms with Crippen LogP contribution in [0.25, 0.3) is 0 Å². The fourth-order valence-corrected chi connectivity index (χ4v) is 1.52. The number of anilines is 1. The molecule has 0 aliphatic carbocycles. The van der Waals surface area contributed by atoms with Crippen molar-refractivity contribution in [2.75, 3.05) is 11.4 Å². The zero-order chi connectivity index (χ0) is 10.8. The van der Waals surface area contributed by atoms with E-state index in [0.717, 1.165) is 5.69 Å². The Kier molecular flexibility index (Phi) is 2.41. The van der Waals surface area contributed by atoms with Crippen molar-refractivity contribution in [1.82, 2.24) is 0 Å². The van der Waals surface area contributed by atoms with Crippen LogP contribution in [-0.2, 0) is 14.3 Å². The van der Waals surface area contributed by atoms with E-state index >= 15 is 0 Å². The Morgan fingerprint density at radius 3 is 2.60 bits per heavy atom. The first-order valence-electron chi connectivity index (χ1n) is 4.72. The number of rotatable bonds is 2. The van der Waals surface area contributed by atoms with Crippen molar-refractivity contribution in [3.8, 4) is 0 Å². The highest BCUT2D eigenvalue weighted by Crippen LogP contribution is 2.23. The van der Waals surface area contributed by atoms with E-state index in [0.29, 0.717) is 6.54 Å². The Morgan fingerprint density at radius 1 is 1.40 bits per heavy atom. The van der Waals surface area contributed by atoms with Gasteiger partial charge in [0.05, 0.1) is 6.54 Å². The summed E-state index contributed by atoms with van der Waals surface area (Å²) < 4.78 is 4.82. The average Bonchev–Trinajstić information content (AvgIpc) is 2.24. The van der Waals surface area contributed by atoms with E-state index < -0.39 is 12.1 Å². The fourth-order valence-electron chi connectivity index (χ4n) is 1.52. The van der Waals surface area contributed by atoms with Gasteiger partial charge in [0.25, 0.3) is 5.91 Å². The summed E-state index contributed by atoms with van der Waals surface area (Å²) in [6, 6.07) is 9.31. The minimum Gasteiger partial charge on any atom is -0.450 e. The maximum Gasteiger partial charge on any atom is 0.303 e. The molecule has 1 saturated heterocycles. The molecule has 4 heteroatoms. The van der Waals surface area contributed by atoms with Crippen LogP contribution in [0.4, 0.5) is 5.69 Å². The third-order valence-electron chi connectivity index (χ3n) is 2.27. The summed E-state index contributed by atoms with van der Waals surface area (Å²) in [6.45, 7) is 1.75. The molecule has 2 rings (SSSR count). The molecule has 1 aliphatic rings. The molecule has 1 atom stereocenters. The summed E-state index contributed by atoms with van der Waals surface area (Å²) >= 11 is 0. The molecular formula is C11H11NO3. The summed E-state index contributed by atoms with van der Waals surface area (Å²) in [4.78, 5) is 23.8. The molecule has 1 amide bonds. The molecule has 1 heterocycles. The highest BCUT2D eigenvalue weighted by Gasteiger charge is 2.39. The number of benzene rings is 1.